The van der Waals surface area contributed by atoms with Crippen LogP contribution in [0.15, 0.2) is 42.0 Å². The fourth-order valence-electron chi connectivity index (χ4n) is 3.67. The molecule has 0 bridgehead atoms. The van der Waals surface area contributed by atoms with Gasteiger partial charge in [0.1, 0.15) is 0 Å². The van der Waals surface area contributed by atoms with Gasteiger partial charge in [0.15, 0.2) is 0 Å². The Morgan fingerprint density at radius 2 is 1.95 bits per heavy atom. The molecular weight excluding hydrogens is 246 g/mol. The number of piperidine rings is 1. The van der Waals surface area contributed by atoms with Crippen LogP contribution in [0.2, 0.25) is 0 Å². The fraction of sp³-hybridized carbons (Fsp3) is 0.500. The van der Waals surface area contributed by atoms with Crippen LogP contribution in [0.3, 0.4) is 0 Å². The normalized spacial score (nSPS) is 26.1. The van der Waals surface area contributed by atoms with Gasteiger partial charge in [-0.05, 0) is 37.7 Å². The quantitative estimate of drug-likeness (QED) is 0.757. The Kier molecular flexibility index (Phi) is 3.64. The van der Waals surface area contributed by atoms with E-state index < -0.39 is 0 Å². The first-order valence-electron chi connectivity index (χ1n) is 7.78. The highest BCUT2D eigenvalue weighted by atomic mass is 16.2. The van der Waals surface area contributed by atoms with E-state index in [1.54, 1.807) is 0 Å². The molecule has 1 aliphatic carbocycles. The number of nitrogens with zero attached hydrogens (tertiary/aromatic N) is 1. The van der Waals surface area contributed by atoms with E-state index in [0.29, 0.717) is 12.3 Å². The number of carbonyl (C=O) groups excluding carboxylic acids is 1. The molecule has 2 nitrogen and oxygen atoms in total. The molecule has 0 N–H and O–H groups in total. The molecule has 2 aliphatic rings. The molecule has 0 aromatic heterocycles. The number of benzene rings is 1. The van der Waals surface area contributed by atoms with E-state index in [-0.39, 0.29) is 5.54 Å². The zero-order valence-electron chi connectivity index (χ0n) is 12.3. The molecule has 1 atom stereocenters. The molecule has 1 aromatic carbocycles. The van der Waals surface area contributed by atoms with E-state index in [1.165, 1.54) is 11.1 Å². The van der Waals surface area contributed by atoms with E-state index in [4.69, 9.17) is 0 Å². The largest absolute Gasteiger partial charge is 0.329 e. The molecule has 3 rings (SSSR count). The molecular formula is C18H23NO. The average Bonchev–Trinajstić information content (AvgIpc) is 2.89. The summed E-state index contributed by atoms with van der Waals surface area (Å²) in [7, 11) is 0. The first-order valence-corrected chi connectivity index (χ1v) is 7.78. The maximum atomic E-state index is 12.5. The highest BCUT2D eigenvalue weighted by molar-refractivity contribution is 5.78. The second-order valence-electron chi connectivity index (χ2n) is 6.08. The summed E-state index contributed by atoms with van der Waals surface area (Å²) in [5.41, 5.74) is 2.77. The van der Waals surface area contributed by atoms with Gasteiger partial charge < -0.3 is 4.90 Å². The Bertz CT molecular complexity index is 519. The van der Waals surface area contributed by atoms with Crippen molar-refractivity contribution in [2.75, 3.05) is 0 Å². The summed E-state index contributed by atoms with van der Waals surface area (Å²) in [5, 5.41) is 0. The standard InChI is InChI=1S/C18H23NO/c1-2-15-10-12-18(13-15)11-6-9-17(20)19(18)14-16-7-4-3-5-8-16/h3-5,7-8,13H,2,6,9-12,14H2,1H3/t18-/m0/s1. The van der Waals surface area contributed by atoms with Gasteiger partial charge >= 0.3 is 0 Å². The molecule has 106 valence electrons. The Balaban J connectivity index is 1.88. The minimum absolute atomic E-state index is 0.0104. The highest BCUT2D eigenvalue weighted by Gasteiger charge is 2.42. The Labute approximate surface area is 121 Å². The number of amides is 1. The van der Waals surface area contributed by atoms with E-state index in [1.807, 2.05) is 6.07 Å². The summed E-state index contributed by atoms with van der Waals surface area (Å²) in [6, 6.07) is 10.4. The molecule has 0 unspecified atom stereocenters. The molecule has 0 saturated carbocycles. The Morgan fingerprint density at radius 3 is 2.65 bits per heavy atom. The van der Waals surface area contributed by atoms with Crippen LogP contribution in [0.1, 0.15) is 51.0 Å². The van der Waals surface area contributed by atoms with Crippen LogP contribution in [-0.2, 0) is 11.3 Å². The van der Waals surface area contributed by atoms with E-state index in [2.05, 4.69) is 42.2 Å². The molecule has 20 heavy (non-hydrogen) atoms. The van der Waals surface area contributed by atoms with Gasteiger partial charge in [-0.3, -0.25) is 4.79 Å². The van der Waals surface area contributed by atoms with Crippen molar-refractivity contribution < 1.29 is 4.79 Å². The molecule has 1 aliphatic heterocycles. The SMILES string of the molecule is CCC1=C[C@]2(CCCC(=O)N2Cc2ccccc2)CC1. The zero-order valence-corrected chi connectivity index (χ0v) is 12.3. The number of likely N-dealkylation sites (tertiary alicyclic amines) is 1. The predicted octanol–water partition coefficient (Wildman–Crippen LogP) is 4.07. The zero-order chi connectivity index (χ0) is 14.0. The second-order valence-corrected chi connectivity index (χ2v) is 6.08. The Hall–Kier alpha value is -1.57. The summed E-state index contributed by atoms with van der Waals surface area (Å²) in [6.07, 6.45) is 8.70. The van der Waals surface area contributed by atoms with Gasteiger partial charge in [-0.2, -0.15) is 0 Å². The van der Waals surface area contributed by atoms with Gasteiger partial charge in [0.25, 0.3) is 0 Å². The van der Waals surface area contributed by atoms with Crippen molar-refractivity contribution in [3.05, 3.63) is 47.5 Å². The molecule has 1 fully saturated rings. The lowest BCUT2D eigenvalue weighted by Gasteiger charge is -2.44. The number of carbonyl (C=O) groups is 1. The van der Waals surface area contributed by atoms with Gasteiger partial charge in [-0.25, -0.2) is 0 Å². The third kappa shape index (κ3) is 2.39. The third-order valence-corrected chi connectivity index (χ3v) is 4.83. The van der Waals surface area contributed by atoms with Crippen molar-refractivity contribution >= 4 is 5.91 Å². The topological polar surface area (TPSA) is 20.3 Å². The lowest BCUT2D eigenvalue weighted by Crippen LogP contribution is -2.51. The van der Waals surface area contributed by atoms with Crippen LogP contribution in [0.4, 0.5) is 0 Å². The predicted molar refractivity (Wildman–Crippen MR) is 81.2 cm³/mol. The fourth-order valence-corrected chi connectivity index (χ4v) is 3.67. The molecule has 1 heterocycles. The molecule has 1 aromatic rings. The highest BCUT2D eigenvalue weighted by Crippen LogP contribution is 2.42. The molecule has 1 saturated heterocycles. The van der Waals surface area contributed by atoms with Crippen LogP contribution in [0.25, 0.3) is 0 Å². The van der Waals surface area contributed by atoms with Crippen LogP contribution in [-0.4, -0.2) is 16.3 Å². The maximum absolute atomic E-state index is 12.5. The van der Waals surface area contributed by atoms with Crippen LogP contribution in [0.5, 0.6) is 0 Å². The minimum Gasteiger partial charge on any atom is -0.329 e. The van der Waals surface area contributed by atoms with E-state index in [9.17, 15) is 4.79 Å². The summed E-state index contributed by atoms with van der Waals surface area (Å²) < 4.78 is 0. The van der Waals surface area contributed by atoms with Crippen molar-refractivity contribution in [3.8, 4) is 0 Å². The smallest absolute Gasteiger partial charge is 0.223 e. The minimum atomic E-state index is 0.0104. The third-order valence-electron chi connectivity index (χ3n) is 4.83. The maximum Gasteiger partial charge on any atom is 0.223 e. The first kappa shape index (κ1) is 13.4. The van der Waals surface area contributed by atoms with Crippen molar-refractivity contribution in [2.24, 2.45) is 0 Å². The Morgan fingerprint density at radius 1 is 1.15 bits per heavy atom. The van der Waals surface area contributed by atoms with Crippen molar-refractivity contribution in [2.45, 2.75) is 57.5 Å². The van der Waals surface area contributed by atoms with Crippen molar-refractivity contribution in [3.63, 3.8) is 0 Å². The number of hydrogen-bond acceptors (Lipinski definition) is 1. The molecule has 1 spiro atoms. The van der Waals surface area contributed by atoms with Crippen molar-refractivity contribution in [1.82, 2.24) is 4.90 Å². The van der Waals surface area contributed by atoms with Crippen LogP contribution >= 0.6 is 0 Å². The first-order chi connectivity index (χ1) is 9.73. The van der Waals surface area contributed by atoms with E-state index in [0.717, 1.165) is 38.6 Å². The monoisotopic (exact) mass is 269 g/mol. The van der Waals surface area contributed by atoms with Gasteiger partial charge in [-0.15, -0.1) is 0 Å². The van der Waals surface area contributed by atoms with E-state index >= 15 is 0 Å². The van der Waals surface area contributed by atoms with Gasteiger partial charge in [0, 0.05) is 13.0 Å². The summed E-state index contributed by atoms with van der Waals surface area (Å²) in [5.74, 6) is 0.328. The molecule has 0 radical (unpaired) electrons. The summed E-state index contributed by atoms with van der Waals surface area (Å²) >= 11 is 0. The number of allylic oxidation sites excluding steroid dienone is 1. The average molecular weight is 269 g/mol. The van der Waals surface area contributed by atoms with Gasteiger partial charge in [0.05, 0.1) is 5.54 Å². The van der Waals surface area contributed by atoms with Crippen LogP contribution < -0.4 is 0 Å². The van der Waals surface area contributed by atoms with Crippen molar-refractivity contribution in [1.29, 1.82) is 0 Å². The second kappa shape index (κ2) is 5.43. The lowest BCUT2D eigenvalue weighted by atomic mass is 9.85. The molecule has 2 heteroatoms. The molecule has 1 amide bonds. The summed E-state index contributed by atoms with van der Waals surface area (Å²) in [6.45, 7) is 2.98. The van der Waals surface area contributed by atoms with Gasteiger partial charge in [-0.1, -0.05) is 48.9 Å². The van der Waals surface area contributed by atoms with Gasteiger partial charge in [0.2, 0.25) is 5.91 Å². The lowest BCUT2D eigenvalue weighted by molar-refractivity contribution is -0.140. The number of hydrogen-bond donors (Lipinski definition) is 0. The number of rotatable bonds is 3. The van der Waals surface area contributed by atoms with Crippen LogP contribution in [0, 0.1) is 0 Å². The summed E-state index contributed by atoms with van der Waals surface area (Å²) in [4.78, 5) is 14.6.